The highest BCUT2D eigenvalue weighted by Gasteiger charge is 2.12. The second-order valence-electron chi connectivity index (χ2n) is 9.58. The van der Waals surface area contributed by atoms with Crippen molar-refractivity contribution in [2.75, 3.05) is 44.5 Å². The summed E-state index contributed by atoms with van der Waals surface area (Å²) >= 11 is 1.77. The molecule has 6 nitrogen and oxygen atoms in total. The maximum atomic E-state index is 8.77. The van der Waals surface area contributed by atoms with Crippen molar-refractivity contribution in [3.05, 3.63) is 18.6 Å². The molecular formula is C29H54N2O4S. The van der Waals surface area contributed by atoms with Crippen LogP contribution >= 0.6 is 11.8 Å². The van der Waals surface area contributed by atoms with E-state index in [0.717, 1.165) is 24.5 Å². The second-order valence-corrected chi connectivity index (χ2v) is 10.7. The zero-order valence-electron chi connectivity index (χ0n) is 23.0. The minimum atomic E-state index is -0.0520. The van der Waals surface area contributed by atoms with E-state index in [1.807, 2.05) is 0 Å². The number of unbranched alkanes of at least 4 members (excludes halogenated alkanes) is 15. The molecule has 1 heterocycles. The van der Waals surface area contributed by atoms with Crippen LogP contribution in [0.15, 0.2) is 18.6 Å². The molecule has 1 aromatic heterocycles. The van der Waals surface area contributed by atoms with Crippen molar-refractivity contribution in [3.63, 3.8) is 0 Å². The summed E-state index contributed by atoms with van der Waals surface area (Å²) in [5.41, 5.74) is 0. The van der Waals surface area contributed by atoms with Gasteiger partial charge in [0, 0.05) is 30.4 Å². The van der Waals surface area contributed by atoms with Gasteiger partial charge in [0.05, 0.1) is 26.4 Å². The predicted octanol–water partition coefficient (Wildman–Crippen LogP) is 7.24. The molecule has 1 N–H and O–H groups in total. The lowest BCUT2D eigenvalue weighted by Crippen LogP contribution is -2.27. The summed E-state index contributed by atoms with van der Waals surface area (Å²) in [5, 5.41) is 8.77. The van der Waals surface area contributed by atoms with Gasteiger partial charge in [0.2, 0.25) is 5.88 Å². The first-order valence-corrected chi connectivity index (χ1v) is 15.8. The molecule has 0 saturated carbocycles. The molecule has 7 heteroatoms. The zero-order chi connectivity index (χ0) is 25.8. The van der Waals surface area contributed by atoms with Gasteiger partial charge in [-0.25, -0.2) is 9.97 Å². The monoisotopic (exact) mass is 526 g/mol. The van der Waals surface area contributed by atoms with Gasteiger partial charge in [-0.3, -0.25) is 0 Å². The van der Waals surface area contributed by atoms with Crippen molar-refractivity contribution in [2.45, 2.75) is 116 Å². The molecule has 0 bridgehead atoms. The van der Waals surface area contributed by atoms with Crippen LogP contribution in [0.4, 0.5) is 0 Å². The Balaban J connectivity index is 1.95. The van der Waals surface area contributed by atoms with Crippen molar-refractivity contribution in [1.82, 2.24) is 9.97 Å². The number of thioether (sulfide) groups is 1. The molecule has 1 atom stereocenters. The van der Waals surface area contributed by atoms with Gasteiger partial charge in [0.15, 0.2) is 0 Å². The van der Waals surface area contributed by atoms with E-state index in [1.54, 1.807) is 24.0 Å². The van der Waals surface area contributed by atoms with Crippen molar-refractivity contribution >= 4 is 11.8 Å². The fourth-order valence-corrected chi connectivity index (χ4v) is 4.93. The van der Waals surface area contributed by atoms with Crippen molar-refractivity contribution in [2.24, 2.45) is 0 Å². The van der Waals surface area contributed by atoms with Crippen molar-refractivity contribution in [3.8, 4) is 5.88 Å². The lowest BCUT2D eigenvalue weighted by molar-refractivity contribution is 0.0564. The summed E-state index contributed by atoms with van der Waals surface area (Å²) in [5.74, 6) is 2.26. The molecule has 1 aromatic rings. The highest BCUT2D eigenvalue weighted by atomic mass is 32.2. The van der Waals surface area contributed by atoms with Gasteiger partial charge < -0.3 is 19.3 Å². The smallest absolute Gasteiger partial charge is 0.216 e. The molecule has 0 aromatic carbocycles. The number of nitrogens with zero attached hydrogens (tertiary/aromatic N) is 2. The summed E-state index contributed by atoms with van der Waals surface area (Å²) in [6, 6.07) is 1.78. The predicted molar refractivity (Wildman–Crippen MR) is 152 cm³/mol. The molecule has 0 aliphatic heterocycles. The van der Waals surface area contributed by atoms with Crippen molar-refractivity contribution < 1.29 is 19.3 Å². The topological polar surface area (TPSA) is 73.7 Å². The minimum Gasteiger partial charge on any atom is -0.471 e. The number of hydrogen-bond acceptors (Lipinski definition) is 7. The number of hydrogen-bond donors (Lipinski definition) is 1. The quantitative estimate of drug-likeness (QED) is 0.115. The molecule has 0 radical (unpaired) electrons. The van der Waals surface area contributed by atoms with Crippen LogP contribution in [-0.2, 0) is 9.47 Å². The molecule has 1 rings (SSSR count). The first-order chi connectivity index (χ1) is 17.9. The fourth-order valence-electron chi connectivity index (χ4n) is 4.10. The third-order valence-electron chi connectivity index (χ3n) is 6.20. The van der Waals surface area contributed by atoms with Crippen molar-refractivity contribution in [1.29, 1.82) is 0 Å². The molecule has 0 amide bonds. The first kappa shape index (κ1) is 33.1. The largest absolute Gasteiger partial charge is 0.471 e. The van der Waals surface area contributed by atoms with E-state index >= 15 is 0 Å². The summed E-state index contributed by atoms with van der Waals surface area (Å²) in [4.78, 5) is 8.11. The summed E-state index contributed by atoms with van der Waals surface area (Å²) < 4.78 is 17.3. The third-order valence-corrected chi connectivity index (χ3v) is 7.26. The number of aliphatic hydroxyl groups is 1. The van der Waals surface area contributed by atoms with Gasteiger partial charge in [-0.2, -0.15) is 11.8 Å². The molecule has 210 valence electrons. The van der Waals surface area contributed by atoms with Crippen LogP contribution in [0, 0.1) is 0 Å². The normalized spacial score (nSPS) is 12.2. The molecule has 0 aliphatic rings. The average molecular weight is 527 g/mol. The van der Waals surface area contributed by atoms with Gasteiger partial charge in [0.1, 0.15) is 12.4 Å². The van der Waals surface area contributed by atoms with Crippen LogP contribution in [0.1, 0.15) is 110 Å². The molecule has 0 fully saturated rings. The number of ether oxygens (including phenoxy) is 3. The van der Waals surface area contributed by atoms with Crippen LogP contribution in [0.3, 0.4) is 0 Å². The van der Waals surface area contributed by atoms with Crippen LogP contribution in [0.25, 0.3) is 0 Å². The average Bonchev–Trinajstić information content (AvgIpc) is 2.90. The van der Waals surface area contributed by atoms with Gasteiger partial charge in [-0.1, -0.05) is 103 Å². The maximum Gasteiger partial charge on any atom is 0.216 e. The Labute approximate surface area is 225 Å². The standard InChI is InChI=1S/C29H54N2O4S/c1-2-3-4-5-6-7-8-9-10-11-12-13-14-15-16-17-21-34-25-28(26-36-24-23-33-22-20-32)35-29-18-19-30-27-31-29/h18-19,27-28,32H,2-17,20-26H2,1H3. The molecule has 36 heavy (non-hydrogen) atoms. The van der Waals surface area contributed by atoms with Crippen LogP contribution in [-0.4, -0.2) is 65.7 Å². The van der Waals surface area contributed by atoms with Gasteiger partial charge in [-0.05, 0) is 6.42 Å². The number of aromatic nitrogens is 2. The van der Waals surface area contributed by atoms with E-state index in [-0.39, 0.29) is 12.7 Å². The maximum absolute atomic E-state index is 8.77. The summed E-state index contributed by atoms with van der Waals surface area (Å²) in [6.45, 7) is 4.72. The van der Waals surface area contributed by atoms with E-state index in [1.165, 1.54) is 103 Å². The highest BCUT2D eigenvalue weighted by molar-refractivity contribution is 7.99. The molecule has 0 saturated heterocycles. The number of aliphatic hydroxyl groups excluding tert-OH is 1. The lowest BCUT2D eigenvalue weighted by Gasteiger charge is -2.18. The van der Waals surface area contributed by atoms with Crippen LogP contribution in [0.5, 0.6) is 5.88 Å². The Bertz CT molecular complexity index is 553. The molecule has 1 unspecified atom stereocenters. The highest BCUT2D eigenvalue weighted by Crippen LogP contribution is 2.14. The minimum absolute atomic E-state index is 0.0520. The van der Waals surface area contributed by atoms with Crippen LogP contribution < -0.4 is 4.74 Å². The molecular weight excluding hydrogens is 472 g/mol. The Morgan fingerprint density at radius 3 is 1.94 bits per heavy atom. The van der Waals surface area contributed by atoms with Gasteiger partial charge in [-0.15, -0.1) is 0 Å². The summed E-state index contributed by atoms with van der Waals surface area (Å²) in [7, 11) is 0. The Kier molecular flexibility index (Phi) is 25.0. The fraction of sp³-hybridized carbons (Fsp3) is 0.862. The SMILES string of the molecule is CCCCCCCCCCCCCCCCCCOCC(CSCCOCCO)Oc1ccncn1. The first-order valence-electron chi connectivity index (χ1n) is 14.6. The molecule has 0 aliphatic carbocycles. The van der Waals surface area contributed by atoms with E-state index < -0.39 is 0 Å². The lowest BCUT2D eigenvalue weighted by atomic mass is 10.0. The van der Waals surface area contributed by atoms with E-state index in [2.05, 4.69) is 16.9 Å². The van der Waals surface area contributed by atoms with Crippen LogP contribution in [0.2, 0.25) is 0 Å². The Morgan fingerprint density at radius 2 is 1.39 bits per heavy atom. The third kappa shape index (κ3) is 22.3. The van der Waals surface area contributed by atoms with Gasteiger partial charge >= 0.3 is 0 Å². The Hall–Kier alpha value is -0.890. The van der Waals surface area contributed by atoms with E-state index in [4.69, 9.17) is 19.3 Å². The second kappa shape index (κ2) is 27.2. The van der Waals surface area contributed by atoms with Gasteiger partial charge in [0.25, 0.3) is 0 Å². The molecule has 0 spiro atoms. The summed E-state index contributed by atoms with van der Waals surface area (Å²) in [6.07, 6.45) is 25.2. The Morgan fingerprint density at radius 1 is 0.778 bits per heavy atom. The number of rotatable bonds is 28. The van der Waals surface area contributed by atoms with E-state index in [0.29, 0.717) is 25.7 Å². The zero-order valence-corrected chi connectivity index (χ0v) is 23.9. The van der Waals surface area contributed by atoms with E-state index in [9.17, 15) is 0 Å².